The van der Waals surface area contributed by atoms with Crippen LogP contribution in [0, 0.1) is 11.3 Å². The Kier molecular flexibility index (Phi) is 3.90. The van der Waals surface area contributed by atoms with Gasteiger partial charge in [0.2, 0.25) is 0 Å². The molecule has 1 heterocycles. The van der Waals surface area contributed by atoms with Crippen LogP contribution in [0.15, 0.2) is 10.7 Å². The fraction of sp³-hybridized carbons (Fsp3) is 0.222. The minimum Gasteiger partial charge on any atom is -0.464 e. The molecule has 0 aliphatic carbocycles. The van der Waals surface area contributed by atoms with Gasteiger partial charge >= 0.3 is 5.97 Å². The van der Waals surface area contributed by atoms with Crippen LogP contribution in [-0.2, 0) is 4.74 Å². The normalized spacial score (nSPS) is 10.0. The first-order valence-corrected chi connectivity index (χ1v) is 4.77. The molecule has 0 radical (unpaired) electrons. The second kappa shape index (κ2) is 4.99. The Labute approximate surface area is 98.0 Å². The first-order chi connectivity index (χ1) is 7.51. The number of pyridine rings is 1. The Morgan fingerprint density at radius 1 is 1.69 bits per heavy atom. The van der Waals surface area contributed by atoms with Crippen LogP contribution in [0.3, 0.4) is 0 Å². The highest BCUT2D eigenvalue weighted by molar-refractivity contribution is 9.10. The summed E-state index contributed by atoms with van der Waals surface area (Å²) in [6.45, 7) is 0. The number of nitriles is 1. The van der Waals surface area contributed by atoms with Crippen molar-refractivity contribution in [3.63, 3.8) is 0 Å². The Morgan fingerprint density at radius 3 is 2.75 bits per heavy atom. The highest BCUT2D eigenvalue weighted by atomic mass is 79.9. The van der Waals surface area contributed by atoms with Gasteiger partial charge in [-0.2, -0.15) is 5.26 Å². The number of carbonyl (C=O) groups is 1. The van der Waals surface area contributed by atoms with Crippen molar-refractivity contribution < 1.29 is 18.3 Å². The van der Waals surface area contributed by atoms with Crippen molar-refractivity contribution in [3.05, 3.63) is 27.5 Å². The summed E-state index contributed by atoms with van der Waals surface area (Å²) >= 11 is 2.92. The standard InChI is InChI=1S/C9H5BrF2N2O2/c1-16-9(15)7-6(8(11)12)4(3-13)2-5(10)14-7/h2,8H,1H3. The van der Waals surface area contributed by atoms with E-state index in [-0.39, 0.29) is 10.2 Å². The van der Waals surface area contributed by atoms with Crippen LogP contribution in [0.2, 0.25) is 0 Å². The number of halogens is 3. The fourth-order valence-electron chi connectivity index (χ4n) is 1.09. The van der Waals surface area contributed by atoms with Crippen molar-refractivity contribution in [2.75, 3.05) is 7.11 Å². The van der Waals surface area contributed by atoms with E-state index in [1.54, 1.807) is 6.07 Å². The topological polar surface area (TPSA) is 63.0 Å². The number of hydrogen-bond acceptors (Lipinski definition) is 4. The largest absolute Gasteiger partial charge is 0.464 e. The molecule has 0 fully saturated rings. The van der Waals surface area contributed by atoms with Crippen LogP contribution in [0.1, 0.15) is 28.0 Å². The second-order valence-electron chi connectivity index (χ2n) is 2.66. The van der Waals surface area contributed by atoms with E-state index < -0.39 is 23.7 Å². The smallest absolute Gasteiger partial charge is 0.357 e. The Balaban J connectivity index is 3.52. The zero-order valence-electron chi connectivity index (χ0n) is 8.00. The van der Waals surface area contributed by atoms with Crippen LogP contribution >= 0.6 is 15.9 Å². The maximum absolute atomic E-state index is 12.7. The molecule has 1 aromatic heterocycles. The van der Waals surface area contributed by atoms with Gasteiger partial charge in [-0.05, 0) is 22.0 Å². The van der Waals surface area contributed by atoms with Gasteiger partial charge < -0.3 is 4.74 Å². The lowest BCUT2D eigenvalue weighted by atomic mass is 10.1. The summed E-state index contributed by atoms with van der Waals surface area (Å²) in [4.78, 5) is 14.8. The monoisotopic (exact) mass is 290 g/mol. The first kappa shape index (κ1) is 12.5. The van der Waals surface area contributed by atoms with E-state index in [0.717, 1.165) is 13.2 Å². The van der Waals surface area contributed by atoms with Gasteiger partial charge in [-0.15, -0.1) is 0 Å². The lowest BCUT2D eigenvalue weighted by Gasteiger charge is -2.08. The van der Waals surface area contributed by atoms with Gasteiger partial charge in [-0.3, -0.25) is 0 Å². The molecule has 84 valence electrons. The number of methoxy groups -OCH3 is 1. The van der Waals surface area contributed by atoms with E-state index in [9.17, 15) is 13.6 Å². The molecule has 1 aromatic rings. The van der Waals surface area contributed by atoms with Crippen LogP contribution in [0.4, 0.5) is 8.78 Å². The van der Waals surface area contributed by atoms with E-state index in [4.69, 9.17) is 5.26 Å². The van der Waals surface area contributed by atoms with Gasteiger partial charge in [0.25, 0.3) is 6.43 Å². The minimum absolute atomic E-state index is 0.119. The van der Waals surface area contributed by atoms with E-state index in [0.29, 0.717) is 0 Å². The zero-order valence-corrected chi connectivity index (χ0v) is 9.59. The van der Waals surface area contributed by atoms with Gasteiger partial charge in [0.1, 0.15) is 4.60 Å². The predicted octanol–water partition coefficient (Wildman–Crippen LogP) is 2.44. The molecule has 0 spiro atoms. The first-order valence-electron chi connectivity index (χ1n) is 3.98. The Morgan fingerprint density at radius 2 is 2.31 bits per heavy atom. The zero-order chi connectivity index (χ0) is 12.3. The average Bonchev–Trinajstić information content (AvgIpc) is 2.26. The molecular formula is C9H5BrF2N2O2. The molecule has 0 unspecified atom stereocenters. The van der Waals surface area contributed by atoms with Crippen LogP contribution in [-0.4, -0.2) is 18.1 Å². The number of ether oxygens (including phenoxy) is 1. The molecule has 0 saturated carbocycles. The molecule has 0 N–H and O–H groups in total. The van der Waals surface area contributed by atoms with Crippen molar-refractivity contribution in [1.82, 2.24) is 4.98 Å². The van der Waals surface area contributed by atoms with Gasteiger partial charge in [0.15, 0.2) is 5.69 Å². The third-order valence-corrected chi connectivity index (χ3v) is 2.15. The number of carbonyl (C=O) groups excluding carboxylic acids is 1. The van der Waals surface area contributed by atoms with Gasteiger partial charge in [0, 0.05) is 0 Å². The predicted molar refractivity (Wildman–Crippen MR) is 52.9 cm³/mol. The highest BCUT2D eigenvalue weighted by Crippen LogP contribution is 2.27. The fourth-order valence-corrected chi connectivity index (χ4v) is 1.50. The van der Waals surface area contributed by atoms with E-state index in [2.05, 4.69) is 25.7 Å². The summed E-state index contributed by atoms with van der Waals surface area (Å²) in [5, 5.41) is 8.69. The quantitative estimate of drug-likeness (QED) is 0.620. The van der Waals surface area contributed by atoms with Crippen molar-refractivity contribution in [2.24, 2.45) is 0 Å². The van der Waals surface area contributed by atoms with E-state index in [1.807, 2.05) is 0 Å². The maximum Gasteiger partial charge on any atom is 0.357 e. The Bertz CT molecular complexity index is 471. The van der Waals surface area contributed by atoms with Crippen LogP contribution in [0.25, 0.3) is 0 Å². The second-order valence-corrected chi connectivity index (χ2v) is 3.47. The highest BCUT2D eigenvalue weighted by Gasteiger charge is 2.25. The van der Waals surface area contributed by atoms with E-state index >= 15 is 0 Å². The van der Waals surface area contributed by atoms with Crippen molar-refractivity contribution in [2.45, 2.75) is 6.43 Å². The molecule has 0 aliphatic rings. The lowest BCUT2D eigenvalue weighted by Crippen LogP contribution is -2.11. The van der Waals surface area contributed by atoms with Gasteiger partial charge in [-0.25, -0.2) is 18.6 Å². The average molecular weight is 291 g/mol. The summed E-state index contributed by atoms with van der Waals surface area (Å²) in [6.07, 6.45) is -2.97. The molecular weight excluding hydrogens is 286 g/mol. The Hall–Kier alpha value is -1.55. The van der Waals surface area contributed by atoms with E-state index in [1.165, 1.54) is 0 Å². The molecule has 0 atom stereocenters. The number of alkyl halides is 2. The number of aromatic nitrogens is 1. The van der Waals surface area contributed by atoms with Gasteiger partial charge in [-0.1, -0.05) is 0 Å². The van der Waals surface area contributed by atoms with Crippen molar-refractivity contribution >= 4 is 21.9 Å². The van der Waals surface area contributed by atoms with Crippen molar-refractivity contribution in [3.8, 4) is 6.07 Å². The third kappa shape index (κ3) is 2.33. The summed E-state index contributed by atoms with van der Waals surface area (Å²) < 4.78 is 29.8. The number of nitrogens with zero attached hydrogens (tertiary/aromatic N) is 2. The molecule has 1 rings (SSSR count). The van der Waals surface area contributed by atoms with Crippen LogP contribution < -0.4 is 0 Å². The molecule has 7 heteroatoms. The molecule has 0 bridgehead atoms. The summed E-state index contributed by atoms with van der Waals surface area (Å²) in [5.41, 5.74) is -1.57. The SMILES string of the molecule is COC(=O)c1nc(Br)cc(C#N)c1C(F)F. The summed E-state index contributed by atoms with van der Waals surface area (Å²) in [6, 6.07) is 2.70. The molecule has 0 saturated heterocycles. The molecule has 0 amide bonds. The summed E-state index contributed by atoms with van der Waals surface area (Å²) in [7, 11) is 1.05. The van der Waals surface area contributed by atoms with Gasteiger partial charge in [0.05, 0.1) is 24.3 Å². The number of rotatable bonds is 2. The van der Waals surface area contributed by atoms with Crippen LogP contribution in [0.5, 0.6) is 0 Å². The number of esters is 1. The maximum atomic E-state index is 12.7. The molecule has 0 aliphatic heterocycles. The number of hydrogen-bond donors (Lipinski definition) is 0. The van der Waals surface area contributed by atoms with Crippen molar-refractivity contribution in [1.29, 1.82) is 5.26 Å². The molecule has 16 heavy (non-hydrogen) atoms. The minimum atomic E-state index is -2.97. The third-order valence-electron chi connectivity index (χ3n) is 1.74. The molecule has 4 nitrogen and oxygen atoms in total. The summed E-state index contributed by atoms with van der Waals surface area (Å²) in [5.74, 6) is -1.01. The molecule has 0 aromatic carbocycles. The lowest BCUT2D eigenvalue weighted by molar-refractivity contribution is 0.0581.